The van der Waals surface area contributed by atoms with Crippen molar-refractivity contribution in [3.63, 3.8) is 0 Å². The molecule has 19 heavy (non-hydrogen) atoms. The molecule has 2 unspecified atom stereocenters. The van der Waals surface area contributed by atoms with Crippen molar-refractivity contribution in [1.29, 1.82) is 0 Å². The summed E-state index contributed by atoms with van der Waals surface area (Å²) < 4.78 is 5.74. The van der Waals surface area contributed by atoms with Gasteiger partial charge in [0.1, 0.15) is 0 Å². The first-order chi connectivity index (χ1) is 9.40. The highest BCUT2D eigenvalue weighted by Gasteiger charge is 2.23. The summed E-state index contributed by atoms with van der Waals surface area (Å²) in [4.78, 5) is 0. The van der Waals surface area contributed by atoms with Gasteiger partial charge in [0.05, 0.1) is 6.10 Å². The van der Waals surface area contributed by atoms with Gasteiger partial charge in [0.25, 0.3) is 0 Å². The Hall–Kier alpha value is -0.0800. The molecule has 1 N–H and O–H groups in total. The molecule has 112 valence electrons. The van der Waals surface area contributed by atoms with E-state index in [0.717, 1.165) is 18.6 Å². The lowest BCUT2D eigenvalue weighted by Gasteiger charge is -2.31. The molecule has 0 amide bonds. The molecule has 0 aromatic carbocycles. The first-order valence-corrected chi connectivity index (χ1v) is 8.75. The molecule has 0 aromatic heterocycles. The number of nitrogens with one attached hydrogen (secondary N) is 1. The summed E-state index contributed by atoms with van der Waals surface area (Å²) in [6.07, 6.45) is 15.7. The zero-order valence-electron chi connectivity index (χ0n) is 12.8. The maximum atomic E-state index is 5.74. The lowest BCUT2D eigenvalue weighted by atomic mass is 9.82. The molecule has 1 heterocycles. The fourth-order valence-corrected chi connectivity index (χ4v) is 3.81. The average molecular weight is 267 g/mol. The van der Waals surface area contributed by atoms with Crippen LogP contribution in [0.1, 0.15) is 77.6 Å². The van der Waals surface area contributed by atoms with Gasteiger partial charge in [-0.2, -0.15) is 0 Å². The molecule has 2 nitrogen and oxygen atoms in total. The normalized spacial score (nSPS) is 26.7. The van der Waals surface area contributed by atoms with Crippen molar-refractivity contribution in [3.05, 3.63) is 0 Å². The lowest BCUT2D eigenvalue weighted by molar-refractivity contribution is 0.0998. The lowest BCUT2D eigenvalue weighted by Crippen LogP contribution is -2.37. The van der Waals surface area contributed by atoms with E-state index in [4.69, 9.17) is 4.74 Å². The minimum atomic E-state index is 0.582. The van der Waals surface area contributed by atoms with Crippen molar-refractivity contribution in [2.24, 2.45) is 5.92 Å². The van der Waals surface area contributed by atoms with Crippen molar-refractivity contribution in [2.75, 3.05) is 13.2 Å². The van der Waals surface area contributed by atoms with E-state index in [1.54, 1.807) is 0 Å². The molecule has 2 aliphatic rings. The third kappa shape index (κ3) is 5.43. The van der Waals surface area contributed by atoms with Crippen LogP contribution in [0, 0.1) is 5.92 Å². The third-order valence-electron chi connectivity index (χ3n) is 4.94. The Morgan fingerprint density at radius 2 is 1.95 bits per heavy atom. The van der Waals surface area contributed by atoms with Gasteiger partial charge in [0.15, 0.2) is 0 Å². The highest BCUT2D eigenvalue weighted by atomic mass is 16.5. The topological polar surface area (TPSA) is 21.3 Å². The molecule has 2 atom stereocenters. The van der Waals surface area contributed by atoms with Gasteiger partial charge in [-0.25, -0.2) is 0 Å². The summed E-state index contributed by atoms with van der Waals surface area (Å²) in [5, 5.41) is 3.82. The summed E-state index contributed by atoms with van der Waals surface area (Å²) in [6, 6.07) is 0.779. The summed E-state index contributed by atoms with van der Waals surface area (Å²) in [6.45, 7) is 4.48. The molecule has 1 aliphatic carbocycles. The van der Waals surface area contributed by atoms with Crippen LogP contribution in [0.3, 0.4) is 0 Å². The Kier molecular flexibility index (Phi) is 7.23. The van der Waals surface area contributed by atoms with Gasteiger partial charge in [-0.1, -0.05) is 26.2 Å². The Bertz CT molecular complexity index is 219. The maximum absolute atomic E-state index is 5.74. The van der Waals surface area contributed by atoms with Crippen molar-refractivity contribution >= 4 is 0 Å². The van der Waals surface area contributed by atoms with Crippen molar-refractivity contribution in [2.45, 2.75) is 89.7 Å². The maximum Gasteiger partial charge on any atom is 0.0576 e. The van der Waals surface area contributed by atoms with Gasteiger partial charge >= 0.3 is 0 Å². The molecule has 0 radical (unpaired) electrons. The van der Waals surface area contributed by atoms with Crippen LogP contribution in [0.5, 0.6) is 0 Å². The van der Waals surface area contributed by atoms with E-state index >= 15 is 0 Å². The average Bonchev–Trinajstić information content (AvgIpc) is 2.97. The Morgan fingerprint density at radius 1 is 1.11 bits per heavy atom. The Balaban J connectivity index is 1.69. The number of hydrogen-bond donors (Lipinski definition) is 1. The van der Waals surface area contributed by atoms with E-state index in [0.29, 0.717) is 6.10 Å². The zero-order valence-corrected chi connectivity index (χ0v) is 12.8. The number of rotatable bonds is 8. The van der Waals surface area contributed by atoms with Gasteiger partial charge < -0.3 is 10.1 Å². The van der Waals surface area contributed by atoms with E-state index in [-0.39, 0.29) is 0 Å². The van der Waals surface area contributed by atoms with Crippen LogP contribution in [0.15, 0.2) is 0 Å². The van der Waals surface area contributed by atoms with E-state index in [2.05, 4.69) is 12.2 Å². The molecule has 1 aliphatic heterocycles. The first-order valence-electron chi connectivity index (χ1n) is 8.75. The van der Waals surface area contributed by atoms with E-state index in [1.165, 1.54) is 77.2 Å². The molecular weight excluding hydrogens is 234 g/mol. The first kappa shape index (κ1) is 15.3. The van der Waals surface area contributed by atoms with Gasteiger partial charge in [0.2, 0.25) is 0 Å². The molecule has 0 aromatic rings. The monoisotopic (exact) mass is 267 g/mol. The summed E-state index contributed by atoms with van der Waals surface area (Å²) in [7, 11) is 0. The molecule has 2 fully saturated rings. The number of ether oxygens (including phenoxy) is 1. The Labute approximate surface area is 119 Å². The van der Waals surface area contributed by atoms with Gasteiger partial charge in [0, 0.05) is 12.6 Å². The van der Waals surface area contributed by atoms with Crippen molar-refractivity contribution in [1.82, 2.24) is 5.32 Å². The van der Waals surface area contributed by atoms with Crippen molar-refractivity contribution in [3.8, 4) is 0 Å². The second-order valence-electron chi connectivity index (χ2n) is 6.52. The van der Waals surface area contributed by atoms with Gasteiger partial charge in [-0.15, -0.1) is 0 Å². The smallest absolute Gasteiger partial charge is 0.0576 e. The van der Waals surface area contributed by atoms with Gasteiger partial charge in [-0.05, 0) is 63.8 Å². The third-order valence-corrected chi connectivity index (χ3v) is 4.94. The summed E-state index contributed by atoms with van der Waals surface area (Å²) >= 11 is 0. The standard InChI is InChI=1S/C17H33NO/c1-2-13-18-17(15-8-4-3-5-9-15)12-6-10-16-11-7-14-19-16/h15-18H,2-14H2,1H3. The largest absolute Gasteiger partial charge is 0.378 e. The number of hydrogen-bond acceptors (Lipinski definition) is 2. The van der Waals surface area contributed by atoms with Gasteiger partial charge in [-0.3, -0.25) is 0 Å². The van der Waals surface area contributed by atoms with Crippen LogP contribution in [0.2, 0.25) is 0 Å². The Morgan fingerprint density at radius 3 is 2.63 bits per heavy atom. The molecule has 1 saturated carbocycles. The van der Waals surface area contributed by atoms with Crippen LogP contribution < -0.4 is 5.32 Å². The second-order valence-corrected chi connectivity index (χ2v) is 6.52. The molecular formula is C17H33NO. The van der Waals surface area contributed by atoms with Crippen molar-refractivity contribution < 1.29 is 4.74 Å². The molecule has 2 rings (SSSR count). The summed E-state index contributed by atoms with van der Waals surface area (Å²) in [5.41, 5.74) is 0. The fraction of sp³-hybridized carbons (Fsp3) is 1.00. The predicted molar refractivity (Wildman–Crippen MR) is 81.5 cm³/mol. The second kappa shape index (κ2) is 8.97. The van der Waals surface area contributed by atoms with E-state index < -0.39 is 0 Å². The summed E-state index contributed by atoms with van der Waals surface area (Å²) in [5.74, 6) is 0.949. The quantitative estimate of drug-likeness (QED) is 0.708. The van der Waals surface area contributed by atoms with Crippen LogP contribution in [0.25, 0.3) is 0 Å². The fourth-order valence-electron chi connectivity index (χ4n) is 3.81. The molecule has 0 bridgehead atoms. The minimum absolute atomic E-state index is 0.582. The van der Waals surface area contributed by atoms with Crippen LogP contribution in [-0.4, -0.2) is 25.3 Å². The highest BCUT2D eigenvalue weighted by Crippen LogP contribution is 2.29. The molecule has 1 saturated heterocycles. The van der Waals surface area contributed by atoms with E-state index in [1.807, 2.05) is 0 Å². The molecule has 0 spiro atoms. The SMILES string of the molecule is CCCNC(CCCC1CCCO1)C1CCCCC1. The highest BCUT2D eigenvalue weighted by molar-refractivity contribution is 4.80. The minimum Gasteiger partial charge on any atom is -0.378 e. The van der Waals surface area contributed by atoms with Crippen LogP contribution in [0.4, 0.5) is 0 Å². The van der Waals surface area contributed by atoms with Crippen LogP contribution >= 0.6 is 0 Å². The van der Waals surface area contributed by atoms with Crippen LogP contribution in [-0.2, 0) is 4.74 Å². The molecule has 2 heteroatoms. The zero-order chi connectivity index (χ0) is 13.3. The van der Waals surface area contributed by atoms with E-state index in [9.17, 15) is 0 Å². The predicted octanol–water partition coefficient (Wildman–Crippen LogP) is 4.28.